The fraction of sp³-hybridized carbons (Fsp3) is 0.550. The summed E-state index contributed by atoms with van der Waals surface area (Å²) in [6.45, 7) is 4.53. The molecule has 2 aromatic rings. The third kappa shape index (κ3) is 3.55. The molecule has 2 fully saturated rings. The minimum absolute atomic E-state index is 0.491. The van der Waals surface area contributed by atoms with E-state index in [1.54, 1.807) is 0 Å². The lowest BCUT2D eigenvalue weighted by Crippen LogP contribution is -2.37. The molecule has 2 unspecified atom stereocenters. The summed E-state index contributed by atoms with van der Waals surface area (Å²) in [5.41, 5.74) is 2.80. The Kier molecular flexibility index (Phi) is 4.95. The van der Waals surface area contributed by atoms with Crippen LogP contribution in [-0.2, 0) is 6.54 Å². The average Bonchev–Trinajstić information content (AvgIpc) is 3.13. The Morgan fingerprint density at radius 2 is 2.00 bits per heavy atom. The number of hydrogen-bond donors (Lipinski definition) is 1. The molecule has 0 amide bonds. The molecule has 1 aromatic carbocycles. The van der Waals surface area contributed by atoms with Crippen molar-refractivity contribution in [3.63, 3.8) is 0 Å². The van der Waals surface area contributed by atoms with Gasteiger partial charge in [-0.3, -0.25) is 4.90 Å². The fourth-order valence-corrected chi connectivity index (χ4v) is 4.24. The number of nitrogens with one attached hydrogen (secondary N) is 1. The fourth-order valence-electron chi connectivity index (χ4n) is 4.24. The van der Waals surface area contributed by atoms with E-state index in [2.05, 4.69) is 62.6 Å². The first kappa shape index (κ1) is 15.9. The first-order valence-corrected chi connectivity index (χ1v) is 9.41. The van der Waals surface area contributed by atoms with Crippen LogP contribution in [0.1, 0.15) is 55.4 Å². The second kappa shape index (κ2) is 7.49. The largest absolute Gasteiger partial charge is 0.329 e. The summed E-state index contributed by atoms with van der Waals surface area (Å²) in [6, 6.07) is 11.9. The van der Waals surface area contributed by atoms with E-state index in [0.717, 1.165) is 19.6 Å². The maximum Gasteiger partial charge on any atom is 0.0951 e. The molecule has 4 nitrogen and oxygen atoms in total. The molecule has 2 aliphatic rings. The molecule has 4 heteroatoms. The van der Waals surface area contributed by atoms with Crippen molar-refractivity contribution < 1.29 is 0 Å². The second-order valence-corrected chi connectivity index (χ2v) is 7.25. The molecule has 4 rings (SSSR count). The molecule has 0 bridgehead atoms. The Hall–Kier alpha value is -1.65. The molecule has 0 saturated carbocycles. The molecule has 1 N–H and O–H groups in total. The normalized spacial score (nSPS) is 25.7. The molecule has 2 aliphatic heterocycles. The highest BCUT2D eigenvalue weighted by Crippen LogP contribution is 2.29. The SMILES string of the molecule is c1ccc(CN2CCCC(n3cncc3C3CCCCN3)C2)cc1. The Bertz CT molecular complexity index is 630. The van der Waals surface area contributed by atoms with Crippen molar-refractivity contribution in [3.05, 3.63) is 54.1 Å². The van der Waals surface area contributed by atoms with Gasteiger partial charge in [0.15, 0.2) is 0 Å². The van der Waals surface area contributed by atoms with Crippen molar-refractivity contribution in [1.29, 1.82) is 0 Å². The number of benzene rings is 1. The van der Waals surface area contributed by atoms with Gasteiger partial charge >= 0.3 is 0 Å². The lowest BCUT2D eigenvalue weighted by Gasteiger charge is -2.35. The van der Waals surface area contributed by atoms with Crippen molar-refractivity contribution in [2.24, 2.45) is 0 Å². The number of hydrogen-bond acceptors (Lipinski definition) is 3. The number of rotatable bonds is 4. The van der Waals surface area contributed by atoms with Crippen molar-refractivity contribution in [1.82, 2.24) is 19.8 Å². The smallest absolute Gasteiger partial charge is 0.0951 e. The minimum atomic E-state index is 0.491. The first-order valence-electron chi connectivity index (χ1n) is 9.41. The molecular formula is C20H28N4. The summed E-state index contributed by atoms with van der Waals surface area (Å²) < 4.78 is 2.46. The maximum atomic E-state index is 4.49. The van der Waals surface area contributed by atoms with Crippen molar-refractivity contribution in [2.75, 3.05) is 19.6 Å². The Labute approximate surface area is 144 Å². The van der Waals surface area contributed by atoms with Crippen LogP contribution in [0.2, 0.25) is 0 Å². The zero-order valence-electron chi connectivity index (χ0n) is 14.4. The van der Waals surface area contributed by atoms with Gasteiger partial charge in [-0.1, -0.05) is 36.8 Å². The quantitative estimate of drug-likeness (QED) is 0.934. The van der Waals surface area contributed by atoms with Crippen molar-refractivity contribution >= 4 is 0 Å². The predicted molar refractivity (Wildman–Crippen MR) is 96.8 cm³/mol. The van der Waals surface area contributed by atoms with E-state index in [4.69, 9.17) is 0 Å². The highest BCUT2D eigenvalue weighted by molar-refractivity contribution is 5.15. The number of likely N-dealkylation sites (tertiary alicyclic amines) is 1. The zero-order chi connectivity index (χ0) is 16.2. The maximum absolute atomic E-state index is 4.49. The van der Waals surface area contributed by atoms with Gasteiger partial charge in [0.25, 0.3) is 0 Å². The molecule has 0 spiro atoms. The molecule has 1 aromatic heterocycles. The van der Waals surface area contributed by atoms with Crippen LogP contribution in [0.4, 0.5) is 0 Å². The summed E-state index contributed by atoms with van der Waals surface area (Å²) in [4.78, 5) is 7.08. The summed E-state index contributed by atoms with van der Waals surface area (Å²) in [6.07, 6.45) is 10.6. The summed E-state index contributed by atoms with van der Waals surface area (Å²) >= 11 is 0. The van der Waals surface area contributed by atoms with Gasteiger partial charge in [-0.2, -0.15) is 0 Å². The van der Waals surface area contributed by atoms with Crippen LogP contribution in [0.25, 0.3) is 0 Å². The van der Waals surface area contributed by atoms with Crippen LogP contribution >= 0.6 is 0 Å². The highest BCUT2D eigenvalue weighted by atomic mass is 15.2. The molecule has 0 radical (unpaired) electrons. The van der Waals surface area contributed by atoms with Crippen molar-refractivity contribution in [3.8, 4) is 0 Å². The van der Waals surface area contributed by atoms with E-state index in [-0.39, 0.29) is 0 Å². The second-order valence-electron chi connectivity index (χ2n) is 7.25. The van der Waals surface area contributed by atoms with Crippen LogP contribution in [0.15, 0.2) is 42.9 Å². The molecule has 2 saturated heterocycles. The minimum Gasteiger partial charge on any atom is -0.329 e. The van der Waals surface area contributed by atoms with Gasteiger partial charge in [0.2, 0.25) is 0 Å². The first-order chi connectivity index (χ1) is 11.9. The Morgan fingerprint density at radius 3 is 2.83 bits per heavy atom. The van der Waals surface area contributed by atoms with Gasteiger partial charge in [-0.25, -0.2) is 4.98 Å². The van der Waals surface area contributed by atoms with Crippen LogP contribution in [-0.4, -0.2) is 34.1 Å². The van der Waals surface area contributed by atoms with Gasteiger partial charge < -0.3 is 9.88 Å². The Balaban J connectivity index is 1.45. The predicted octanol–water partition coefficient (Wildman–Crippen LogP) is 3.53. The van der Waals surface area contributed by atoms with Gasteiger partial charge in [0, 0.05) is 31.4 Å². The van der Waals surface area contributed by atoms with Crippen LogP contribution in [0, 0.1) is 0 Å². The number of aromatic nitrogens is 2. The van der Waals surface area contributed by atoms with Crippen LogP contribution < -0.4 is 5.32 Å². The lowest BCUT2D eigenvalue weighted by molar-refractivity contribution is 0.166. The average molecular weight is 324 g/mol. The molecule has 128 valence electrons. The number of imidazole rings is 1. The third-order valence-electron chi connectivity index (χ3n) is 5.49. The summed E-state index contributed by atoms with van der Waals surface area (Å²) in [5, 5.41) is 3.68. The summed E-state index contributed by atoms with van der Waals surface area (Å²) in [5.74, 6) is 0. The highest BCUT2D eigenvalue weighted by Gasteiger charge is 2.26. The van der Waals surface area contributed by atoms with E-state index in [1.165, 1.54) is 49.9 Å². The topological polar surface area (TPSA) is 33.1 Å². The monoisotopic (exact) mass is 324 g/mol. The molecule has 2 atom stereocenters. The number of piperidine rings is 2. The van der Waals surface area contributed by atoms with E-state index in [9.17, 15) is 0 Å². The van der Waals surface area contributed by atoms with E-state index >= 15 is 0 Å². The van der Waals surface area contributed by atoms with Gasteiger partial charge in [0.05, 0.1) is 12.0 Å². The van der Waals surface area contributed by atoms with E-state index < -0.39 is 0 Å². The standard InChI is InChI=1S/C20H28N4/c1-2-7-17(8-3-1)14-23-12-6-9-18(15-23)24-16-21-13-20(24)19-10-4-5-11-22-19/h1-3,7-8,13,16,18-19,22H,4-6,9-12,14-15H2. The third-order valence-corrected chi connectivity index (χ3v) is 5.49. The number of nitrogens with zero attached hydrogens (tertiary/aromatic N) is 3. The van der Waals surface area contributed by atoms with Crippen LogP contribution in [0.3, 0.4) is 0 Å². The van der Waals surface area contributed by atoms with Gasteiger partial charge in [0.1, 0.15) is 0 Å². The van der Waals surface area contributed by atoms with Crippen LogP contribution in [0.5, 0.6) is 0 Å². The van der Waals surface area contributed by atoms with Gasteiger partial charge in [-0.15, -0.1) is 0 Å². The molecule has 3 heterocycles. The lowest BCUT2D eigenvalue weighted by atomic mass is 10.00. The molecular weight excluding hydrogens is 296 g/mol. The van der Waals surface area contributed by atoms with E-state index in [0.29, 0.717) is 12.1 Å². The molecule has 0 aliphatic carbocycles. The van der Waals surface area contributed by atoms with E-state index in [1.807, 2.05) is 0 Å². The Morgan fingerprint density at radius 1 is 1.08 bits per heavy atom. The molecule has 24 heavy (non-hydrogen) atoms. The van der Waals surface area contributed by atoms with Crippen molar-refractivity contribution in [2.45, 2.75) is 50.7 Å². The summed E-state index contributed by atoms with van der Waals surface area (Å²) in [7, 11) is 0. The van der Waals surface area contributed by atoms with Gasteiger partial charge in [-0.05, 0) is 44.3 Å². The zero-order valence-corrected chi connectivity index (χ0v) is 14.4.